The van der Waals surface area contributed by atoms with E-state index in [1.807, 2.05) is 27.7 Å². The number of carbonyl (C=O) groups excluding carboxylic acids is 4. The normalized spacial score (nSPS) is 38.0. The topological polar surface area (TPSA) is 175 Å². The maximum Gasteiger partial charge on any atom is 0.313 e. The minimum absolute atomic E-state index is 0. The molecular formula is C50H92O12. The molecule has 3 N–H and O–H groups in total. The molecule has 1 saturated heterocycles. The summed E-state index contributed by atoms with van der Waals surface area (Å²) in [6, 6.07) is 0. The fraction of sp³-hybridized carbons (Fsp3) is 0.920. The van der Waals surface area contributed by atoms with Gasteiger partial charge in [0.1, 0.15) is 16.8 Å². The third kappa shape index (κ3) is 11.0. The Morgan fingerprint density at radius 2 is 1.08 bits per heavy atom. The first-order chi connectivity index (χ1) is 25.7. The zero-order chi connectivity index (χ0) is 41.0. The molecule has 62 heavy (non-hydrogen) atoms. The Hall–Kier alpha value is -2.28. The smallest absolute Gasteiger partial charge is 0.313 e. The van der Waals surface area contributed by atoms with Crippen LogP contribution in [-0.2, 0) is 42.9 Å². The largest absolute Gasteiger partial charge is 0.460 e. The summed E-state index contributed by atoms with van der Waals surface area (Å²) in [4.78, 5) is 57.4. The summed E-state index contributed by atoms with van der Waals surface area (Å²) in [6.07, 6.45) is 6.67. The molecule has 9 aliphatic rings. The van der Waals surface area contributed by atoms with Gasteiger partial charge in [0.25, 0.3) is 0 Å². The molecule has 1 aliphatic heterocycles. The average molecular weight is 885 g/mol. The fourth-order valence-corrected chi connectivity index (χ4v) is 13.6. The Labute approximate surface area is 376 Å². The lowest BCUT2D eigenvalue weighted by Gasteiger charge is -2.63. The molecule has 9 atom stereocenters. The van der Waals surface area contributed by atoms with E-state index in [4.69, 9.17) is 23.7 Å². The molecule has 0 aromatic carbocycles. The van der Waals surface area contributed by atoms with Gasteiger partial charge in [0.05, 0.1) is 45.1 Å². The van der Waals surface area contributed by atoms with Crippen molar-refractivity contribution in [2.75, 3.05) is 6.61 Å². The summed E-state index contributed by atoms with van der Waals surface area (Å²) in [5.74, 6) is -2.02. The maximum atomic E-state index is 14.9. The summed E-state index contributed by atoms with van der Waals surface area (Å²) in [6.45, 7) is 14.8. The lowest BCUT2D eigenvalue weighted by Crippen LogP contribution is -2.67. The van der Waals surface area contributed by atoms with Crippen LogP contribution in [0, 0.1) is 33.5 Å². The molecule has 1 heterocycles. The molecule has 8 bridgehead atoms. The summed E-state index contributed by atoms with van der Waals surface area (Å²) in [7, 11) is 0. The number of esters is 4. The van der Waals surface area contributed by atoms with Crippen LogP contribution in [0.5, 0.6) is 0 Å². The van der Waals surface area contributed by atoms with Crippen LogP contribution >= 0.6 is 0 Å². The molecule has 0 aromatic rings. The second-order valence-electron chi connectivity index (χ2n) is 22.5. The molecule has 12 heteroatoms. The SMILES string of the molecule is C.C.C.C.C.C.CCC(C)(CC(C)(CC(C)(C)C(=O)OC1CCCCO1)C(=O)OC12CC3CC(O)(CC(O)(C3)C1)C2)C(=O)OC12CC3CC(O)(C1)CC(C(=O)OC(C)(C)C)(C3)C2. The Morgan fingerprint density at radius 1 is 0.597 bits per heavy atom. The standard InChI is InChI=1S/C44H68O12.6CH4/c1-9-37(7,32(46)55-43-18-28-14-39(23-43,22-40(49,15-28)25-43)34(48)54-35(2,3)4)21-38(8,20-36(5,6)31(45)53-30-12-10-11-13-52-30)33(47)56-44-19-29-16-41(50,26-44)24-42(51,17-29)27-44;;;;;;/h28-30,49-51H,9-27H2,1-8H3;6*1H4. The van der Waals surface area contributed by atoms with E-state index in [0.717, 1.165) is 12.8 Å². The molecule has 0 radical (unpaired) electrons. The van der Waals surface area contributed by atoms with Gasteiger partial charge in [-0.15, -0.1) is 0 Å². The quantitative estimate of drug-likeness (QED) is 0.125. The Morgan fingerprint density at radius 3 is 1.53 bits per heavy atom. The zero-order valence-electron chi connectivity index (χ0n) is 35.2. The van der Waals surface area contributed by atoms with E-state index >= 15 is 0 Å². The molecule has 9 unspecified atom stereocenters. The van der Waals surface area contributed by atoms with Crippen molar-refractivity contribution in [1.82, 2.24) is 0 Å². The lowest BCUT2D eigenvalue weighted by molar-refractivity contribution is -0.265. The van der Waals surface area contributed by atoms with Gasteiger partial charge in [0, 0.05) is 38.5 Å². The van der Waals surface area contributed by atoms with Crippen molar-refractivity contribution in [3.05, 3.63) is 0 Å². The van der Waals surface area contributed by atoms with Crippen LogP contribution < -0.4 is 0 Å². The van der Waals surface area contributed by atoms with Crippen LogP contribution in [-0.4, -0.2) is 85.7 Å². The van der Waals surface area contributed by atoms with Gasteiger partial charge < -0.3 is 39.0 Å². The number of ether oxygens (including phenoxy) is 5. The number of hydrogen-bond donors (Lipinski definition) is 3. The van der Waals surface area contributed by atoms with Gasteiger partial charge in [0.15, 0.2) is 0 Å². The van der Waals surface area contributed by atoms with Crippen molar-refractivity contribution in [3.8, 4) is 0 Å². The molecule has 0 spiro atoms. The molecule has 0 amide bonds. The predicted molar refractivity (Wildman–Crippen MR) is 243 cm³/mol. The average Bonchev–Trinajstić information content (AvgIpc) is 3.00. The van der Waals surface area contributed by atoms with E-state index in [9.17, 15) is 34.5 Å². The van der Waals surface area contributed by atoms with E-state index in [1.54, 1.807) is 27.7 Å². The third-order valence-electron chi connectivity index (χ3n) is 14.7. The Kier molecular flexibility index (Phi) is 17.3. The second-order valence-corrected chi connectivity index (χ2v) is 22.5. The summed E-state index contributed by atoms with van der Waals surface area (Å²) < 4.78 is 30.6. The molecular weight excluding hydrogens is 793 g/mol. The maximum absolute atomic E-state index is 14.9. The number of hydrogen-bond acceptors (Lipinski definition) is 12. The first kappa shape index (κ1) is 57.7. The molecule has 9 fully saturated rings. The van der Waals surface area contributed by atoms with Crippen molar-refractivity contribution in [3.63, 3.8) is 0 Å². The van der Waals surface area contributed by atoms with Crippen LogP contribution in [0.25, 0.3) is 0 Å². The van der Waals surface area contributed by atoms with Crippen molar-refractivity contribution in [2.45, 2.75) is 255 Å². The Bertz CT molecular complexity index is 1590. The van der Waals surface area contributed by atoms with Crippen molar-refractivity contribution >= 4 is 23.9 Å². The van der Waals surface area contributed by atoms with Crippen molar-refractivity contribution < 1.29 is 58.2 Å². The van der Waals surface area contributed by atoms with Crippen LogP contribution in [0.2, 0.25) is 0 Å². The molecule has 9 rings (SSSR count). The number of rotatable bonds is 12. The van der Waals surface area contributed by atoms with E-state index in [2.05, 4.69) is 0 Å². The summed E-state index contributed by atoms with van der Waals surface area (Å²) in [5, 5.41) is 34.9. The van der Waals surface area contributed by atoms with Crippen LogP contribution in [0.1, 0.15) is 216 Å². The van der Waals surface area contributed by atoms with Gasteiger partial charge >= 0.3 is 23.9 Å². The minimum atomic E-state index is -1.42. The first-order valence-electron chi connectivity index (χ1n) is 21.4. The van der Waals surface area contributed by atoms with Gasteiger partial charge in [-0.25, -0.2) is 0 Å². The van der Waals surface area contributed by atoms with Gasteiger partial charge in [-0.2, -0.15) is 0 Å². The van der Waals surface area contributed by atoms with Crippen molar-refractivity contribution in [1.29, 1.82) is 0 Å². The fourth-order valence-electron chi connectivity index (χ4n) is 13.6. The monoisotopic (exact) mass is 885 g/mol. The van der Waals surface area contributed by atoms with Crippen LogP contribution in [0.4, 0.5) is 0 Å². The highest BCUT2D eigenvalue weighted by atomic mass is 16.7. The highest BCUT2D eigenvalue weighted by molar-refractivity contribution is 5.83. The van der Waals surface area contributed by atoms with Gasteiger partial charge in [0.2, 0.25) is 6.29 Å². The van der Waals surface area contributed by atoms with Crippen molar-refractivity contribution in [2.24, 2.45) is 33.5 Å². The summed E-state index contributed by atoms with van der Waals surface area (Å²) >= 11 is 0. The minimum Gasteiger partial charge on any atom is -0.460 e. The van der Waals surface area contributed by atoms with E-state index in [-0.39, 0.29) is 114 Å². The van der Waals surface area contributed by atoms with E-state index in [0.29, 0.717) is 58.0 Å². The van der Waals surface area contributed by atoms with Gasteiger partial charge in [-0.1, -0.05) is 51.5 Å². The highest BCUT2D eigenvalue weighted by Gasteiger charge is 2.69. The summed E-state index contributed by atoms with van der Waals surface area (Å²) in [5.41, 5.74) is -11.2. The van der Waals surface area contributed by atoms with Crippen LogP contribution in [0.3, 0.4) is 0 Å². The molecule has 364 valence electrons. The first-order valence-corrected chi connectivity index (χ1v) is 21.4. The predicted octanol–water partition coefficient (Wildman–Crippen LogP) is 10.2. The van der Waals surface area contributed by atoms with Gasteiger partial charge in [-0.3, -0.25) is 19.2 Å². The van der Waals surface area contributed by atoms with Gasteiger partial charge in [-0.05, 0) is 137 Å². The lowest BCUT2D eigenvalue weighted by atomic mass is 9.46. The molecule has 8 saturated carbocycles. The molecule has 12 nitrogen and oxygen atoms in total. The van der Waals surface area contributed by atoms with E-state index < -0.39 is 79.5 Å². The van der Waals surface area contributed by atoms with Crippen LogP contribution in [0.15, 0.2) is 0 Å². The third-order valence-corrected chi connectivity index (χ3v) is 14.7. The zero-order valence-corrected chi connectivity index (χ0v) is 35.2. The van der Waals surface area contributed by atoms with E-state index in [1.165, 1.54) is 0 Å². The molecule has 0 aromatic heterocycles. The number of aliphatic hydroxyl groups is 3. The highest BCUT2D eigenvalue weighted by Crippen LogP contribution is 2.66. The molecule has 8 aliphatic carbocycles. The second kappa shape index (κ2) is 18.5. The number of carbonyl (C=O) groups is 4. The Balaban J connectivity index is 0.00000320.